The van der Waals surface area contributed by atoms with Gasteiger partial charge in [0, 0.05) is 13.1 Å². The van der Waals surface area contributed by atoms with Gasteiger partial charge in [0.2, 0.25) is 5.91 Å². The van der Waals surface area contributed by atoms with Crippen molar-refractivity contribution in [2.45, 2.75) is 19.3 Å². The predicted molar refractivity (Wildman–Crippen MR) is 66.0 cm³/mol. The number of carbonyl (C=O) groups excluding carboxylic acids is 1. The maximum Gasteiger partial charge on any atom is 0.573 e. The van der Waals surface area contributed by atoms with E-state index in [0.29, 0.717) is 19.6 Å². The minimum Gasteiger partial charge on any atom is -0.406 e. The van der Waals surface area contributed by atoms with Crippen molar-refractivity contribution < 1.29 is 22.7 Å². The lowest BCUT2D eigenvalue weighted by Crippen LogP contribution is -2.34. The van der Waals surface area contributed by atoms with E-state index in [-0.39, 0.29) is 11.7 Å². The fourth-order valence-electron chi connectivity index (χ4n) is 2.01. The van der Waals surface area contributed by atoms with Gasteiger partial charge in [-0.05, 0) is 30.7 Å². The third kappa shape index (κ3) is 4.41. The van der Waals surface area contributed by atoms with Crippen LogP contribution in [0.4, 0.5) is 13.2 Å². The first kappa shape index (κ1) is 14.6. The van der Waals surface area contributed by atoms with Gasteiger partial charge in [0.1, 0.15) is 5.75 Å². The van der Waals surface area contributed by atoms with Gasteiger partial charge in [0.05, 0.1) is 6.54 Å². The van der Waals surface area contributed by atoms with Crippen LogP contribution in [0, 0.1) is 0 Å². The Labute approximate surface area is 114 Å². The zero-order valence-electron chi connectivity index (χ0n) is 10.7. The van der Waals surface area contributed by atoms with Crippen LogP contribution in [0.15, 0.2) is 24.3 Å². The quantitative estimate of drug-likeness (QED) is 0.923. The van der Waals surface area contributed by atoms with E-state index in [1.807, 2.05) is 0 Å². The number of benzene rings is 1. The van der Waals surface area contributed by atoms with Crippen LogP contribution >= 0.6 is 0 Å². The van der Waals surface area contributed by atoms with Gasteiger partial charge < -0.3 is 15.0 Å². The normalized spacial score (nSPS) is 16.9. The fourth-order valence-corrected chi connectivity index (χ4v) is 2.01. The molecular formula is C13H15F3N2O2. The summed E-state index contributed by atoms with van der Waals surface area (Å²) in [7, 11) is 0. The minimum absolute atomic E-state index is 0.00174. The largest absolute Gasteiger partial charge is 0.573 e. The lowest BCUT2D eigenvalue weighted by molar-refractivity contribution is -0.274. The van der Waals surface area contributed by atoms with Gasteiger partial charge in [0.25, 0.3) is 0 Å². The summed E-state index contributed by atoms with van der Waals surface area (Å²) in [5.41, 5.74) is 0.773. The predicted octanol–water partition coefficient (Wildman–Crippen LogP) is 1.91. The molecule has 1 saturated heterocycles. The van der Waals surface area contributed by atoms with Crippen LogP contribution in [-0.2, 0) is 11.3 Å². The summed E-state index contributed by atoms with van der Waals surface area (Å²) in [5.74, 6) is -0.261. The highest BCUT2D eigenvalue weighted by molar-refractivity contribution is 5.78. The molecule has 1 aliphatic heterocycles. The molecule has 0 saturated carbocycles. The Morgan fingerprint density at radius 2 is 1.95 bits per heavy atom. The number of amides is 1. The van der Waals surface area contributed by atoms with Gasteiger partial charge >= 0.3 is 6.36 Å². The second-order valence-electron chi connectivity index (χ2n) is 4.54. The fraction of sp³-hybridized carbons (Fsp3) is 0.462. The number of carbonyl (C=O) groups is 1. The molecule has 0 spiro atoms. The van der Waals surface area contributed by atoms with E-state index in [4.69, 9.17) is 0 Å². The molecular weight excluding hydrogens is 273 g/mol. The van der Waals surface area contributed by atoms with E-state index < -0.39 is 6.36 Å². The van der Waals surface area contributed by atoms with Gasteiger partial charge in [-0.1, -0.05) is 12.1 Å². The van der Waals surface area contributed by atoms with E-state index in [0.717, 1.165) is 18.5 Å². The molecule has 0 atom stereocenters. The first-order chi connectivity index (χ1) is 9.44. The Morgan fingerprint density at radius 3 is 2.60 bits per heavy atom. The van der Waals surface area contributed by atoms with E-state index in [1.54, 1.807) is 4.90 Å². The standard InChI is InChI=1S/C13H15F3N2O2/c14-13(15,16)20-11-4-2-10(3-5-11)9-18-7-1-6-17-8-12(18)19/h2-5,17H,1,6-9H2. The van der Waals surface area contributed by atoms with E-state index in [2.05, 4.69) is 10.1 Å². The van der Waals surface area contributed by atoms with E-state index >= 15 is 0 Å². The molecule has 1 aromatic carbocycles. The molecule has 0 unspecified atom stereocenters. The van der Waals surface area contributed by atoms with Crippen molar-refractivity contribution in [1.82, 2.24) is 10.2 Å². The van der Waals surface area contributed by atoms with E-state index in [9.17, 15) is 18.0 Å². The molecule has 2 rings (SSSR count). The third-order valence-electron chi connectivity index (χ3n) is 2.94. The highest BCUT2D eigenvalue weighted by Crippen LogP contribution is 2.23. The number of rotatable bonds is 3. The summed E-state index contributed by atoms with van der Waals surface area (Å²) < 4.78 is 39.9. The Balaban J connectivity index is 1.97. The summed E-state index contributed by atoms with van der Waals surface area (Å²) in [6.07, 6.45) is -3.82. The van der Waals surface area contributed by atoms with Crippen LogP contribution in [0.1, 0.15) is 12.0 Å². The van der Waals surface area contributed by atoms with Crippen LogP contribution in [-0.4, -0.2) is 36.8 Å². The van der Waals surface area contributed by atoms with Crippen LogP contribution in [0.3, 0.4) is 0 Å². The van der Waals surface area contributed by atoms with Crippen LogP contribution < -0.4 is 10.1 Å². The Bertz CT molecular complexity index is 460. The number of alkyl halides is 3. The summed E-state index contributed by atoms with van der Waals surface area (Å²) in [5, 5.41) is 3.01. The Morgan fingerprint density at radius 1 is 1.25 bits per heavy atom. The first-order valence-corrected chi connectivity index (χ1v) is 6.27. The lowest BCUT2D eigenvalue weighted by atomic mass is 10.2. The van der Waals surface area contributed by atoms with Crippen LogP contribution in [0.2, 0.25) is 0 Å². The molecule has 110 valence electrons. The SMILES string of the molecule is O=C1CNCCCN1Cc1ccc(OC(F)(F)F)cc1. The molecule has 7 heteroatoms. The van der Waals surface area contributed by atoms with Gasteiger partial charge in [-0.15, -0.1) is 13.2 Å². The molecule has 1 amide bonds. The maximum absolute atomic E-state index is 12.0. The lowest BCUT2D eigenvalue weighted by Gasteiger charge is -2.20. The molecule has 0 radical (unpaired) electrons. The van der Waals surface area contributed by atoms with Gasteiger partial charge in [-0.2, -0.15) is 0 Å². The van der Waals surface area contributed by atoms with Crippen molar-refractivity contribution in [3.8, 4) is 5.75 Å². The second-order valence-corrected chi connectivity index (χ2v) is 4.54. The van der Waals surface area contributed by atoms with Crippen molar-refractivity contribution in [3.63, 3.8) is 0 Å². The molecule has 0 aliphatic carbocycles. The summed E-state index contributed by atoms with van der Waals surface area (Å²) >= 11 is 0. The second kappa shape index (κ2) is 6.13. The van der Waals surface area contributed by atoms with Crippen molar-refractivity contribution in [3.05, 3.63) is 29.8 Å². The molecule has 20 heavy (non-hydrogen) atoms. The number of nitrogens with one attached hydrogen (secondary N) is 1. The highest BCUT2D eigenvalue weighted by Gasteiger charge is 2.31. The van der Waals surface area contributed by atoms with E-state index in [1.165, 1.54) is 24.3 Å². The molecule has 0 bridgehead atoms. The zero-order valence-corrected chi connectivity index (χ0v) is 10.7. The summed E-state index contributed by atoms with van der Waals surface area (Å²) in [4.78, 5) is 13.5. The zero-order chi connectivity index (χ0) is 14.6. The Kier molecular flexibility index (Phi) is 4.49. The van der Waals surface area contributed by atoms with Crippen molar-refractivity contribution in [2.24, 2.45) is 0 Å². The number of hydrogen-bond acceptors (Lipinski definition) is 3. The average Bonchev–Trinajstić information content (AvgIpc) is 2.56. The number of nitrogens with zero attached hydrogens (tertiary/aromatic N) is 1. The van der Waals surface area contributed by atoms with Gasteiger partial charge in [0.15, 0.2) is 0 Å². The number of ether oxygens (including phenoxy) is 1. The average molecular weight is 288 g/mol. The monoisotopic (exact) mass is 288 g/mol. The minimum atomic E-state index is -4.69. The van der Waals surface area contributed by atoms with Gasteiger partial charge in [-0.3, -0.25) is 4.79 Å². The highest BCUT2D eigenvalue weighted by atomic mass is 19.4. The van der Waals surface area contributed by atoms with Crippen molar-refractivity contribution >= 4 is 5.91 Å². The number of hydrogen-bond donors (Lipinski definition) is 1. The Hall–Kier alpha value is -1.76. The van der Waals surface area contributed by atoms with Crippen molar-refractivity contribution in [2.75, 3.05) is 19.6 Å². The summed E-state index contributed by atoms with van der Waals surface area (Å²) in [6, 6.07) is 5.58. The molecule has 1 fully saturated rings. The van der Waals surface area contributed by atoms with Crippen molar-refractivity contribution in [1.29, 1.82) is 0 Å². The summed E-state index contributed by atoms with van der Waals surface area (Å²) in [6.45, 7) is 2.13. The topological polar surface area (TPSA) is 41.6 Å². The third-order valence-corrected chi connectivity index (χ3v) is 2.94. The van der Waals surface area contributed by atoms with Crippen LogP contribution in [0.5, 0.6) is 5.75 Å². The number of halogens is 3. The molecule has 4 nitrogen and oxygen atoms in total. The van der Waals surface area contributed by atoms with Crippen LogP contribution in [0.25, 0.3) is 0 Å². The maximum atomic E-state index is 12.0. The molecule has 0 aromatic heterocycles. The molecule has 1 N–H and O–H groups in total. The molecule has 1 aromatic rings. The van der Waals surface area contributed by atoms with Gasteiger partial charge in [-0.25, -0.2) is 0 Å². The first-order valence-electron chi connectivity index (χ1n) is 6.27. The molecule has 1 aliphatic rings. The smallest absolute Gasteiger partial charge is 0.406 e. The molecule has 1 heterocycles.